The fourth-order valence-corrected chi connectivity index (χ4v) is 1.56. The molecule has 0 aliphatic heterocycles. The highest BCUT2D eigenvalue weighted by atomic mass is 16.6. The molecule has 0 saturated heterocycles. The predicted molar refractivity (Wildman–Crippen MR) is 83.4 cm³/mol. The van der Waals surface area contributed by atoms with Crippen LogP contribution in [0.1, 0.15) is 51.9 Å². The summed E-state index contributed by atoms with van der Waals surface area (Å²) in [5.41, 5.74) is 1.87. The van der Waals surface area contributed by atoms with Crippen LogP contribution in [0.15, 0.2) is 24.3 Å². The van der Waals surface area contributed by atoms with Crippen LogP contribution < -0.4 is 5.43 Å². The van der Waals surface area contributed by atoms with E-state index in [0.29, 0.717) is 0 Å². The molecule has 6 nitrogen and oxygen atoms in total. The molecule has 0 fully saturated rings. The van der Waals surface area contributed by atoms with Crippen molar-refractivity contribution in [2.75, 3.05) is 0 Å². The zero-order valence-electron chi connectivity index (χ0n) is 13.9. The SMILES string of the molecule is CC(C)(C)NN(C(=O)OC(C)(C)C)C(=O)c1ccc(O)cc1. The number of nitrogens with one attached hydrogen (secondary N) is 1. The Balaban J connectivity index is 3.06. The Kier molecular flexibility index (Phi) is 5.19. The third-order valence-corrected chi connectivity index (χ3v) is 2.34. The molecule has 0 unspecified atom stereocenters. The van der Waals surface area contributed by atoms with Gasteiger partial charge in [-0.25, -0.2) is 10.2 Å². The number of nitrogens with zero attached hydrogens (tertiary/aromatic N) is 1. The lowest BCUT2D eigenvalue weighted by atomic mass is 10.1. The van der Waals surface area contributed by atoms with E-state index in [-0.39, 0.29) is 11.3 Å². The molecule has 0 heterocycles. The Morgan fingerprint density at radius 3 is 1.95 bits per heavy atom. The van der Waals surface area contributed by atoms with Gasteiger partial charge in [0.05, 0.1) is 0 Å². The second-order valence-corrected chi connectivity index (χ2v) is 7.03. The van der Waals surface area contributed by atoms with Gasteiger partial charge in [-0.1, -0.05) is 0 Å². The predicted octanol–water partition coefficient (Wildman–Crippen LogP) is 3.07. The molecule has 0 radical (unpaired) electrons. The highest BCUT2D eigenvalue weighted by Crippen LogP contribution is 2.15. The average Bonchev–Trinajstić information content (AvgIpc) is 2.33. The molecule has 0 saturated carbocycles. The first-order chi connectivity index (χ1) is 9.89. The van der Waals surface area contributed by atoms with Crippen molar-refractivity contribution < 1.29 is 19.4 Å². The number of amides is 2. The van der Waals surface area contributed by atoms with Gasteiger partial charge in [0.25, 0.3) is 5.91 Å². The number of carbonyl (C=O) groups excluding carboxylic acids is 2. The second kappa shape index (κ2) is 6.36. The molecule has 1 rings (SSSR count). The summed E-state index contributed by atoms with van der Waals surface area (Å²) < 4.78 is 5.27. The van der Waals surface area contributed by atoms with Crippen molar-refractivity contribution in [3.8, 4) is 5.75 Å². The number of rotatable bonds is 2. The van der Waals surface area contributed by atoms with E-state index in [4.69, 9.17) is 4.74 Å². The Labute approximate surface area is 131 Å². The van der Waals surface area contributed by atoms with E-state index < -0.39 is 23.1 Å². The molecule has 0 spiro atoms. The van der Waals surface area contributed by atoms with Gasteiger partial charge in [-0.2, -0.15) is 5.01 Å². The number of phenols is 1. The number of imide groups is 1. The Morgan fingerprint density at radius 2 is 1.55 bits per heavy atom. The van der Waals surface area contributed by atoms with Crippen molar-refractivity contribution in [3.05, 3.63) is 29.8 Å². The maximum absolute atomic E-state index is 12.5. The van der Waals surface area contributed by atoms with Crippen LogP contribution in [0, 0.1) is 0 Å². The number of aromatic hydroxyl groups is 1. The van der Waals surface area contributed by atoms with Crippen LogP contribution >= 0.6 is 0 Å². The molecular formula is C16H24N2O4. The van der Waals surface area contributed by atoms with Gasteiger partial charge in [0.2, 0.25) is 0 Å². The molecule has 2 amide bonds. The second-order valence-electron chi connectivity index (χ2n) is 7.03. The first-order valence-electron chi connectivity index (χ1n) is 7.03. The molecule has 0 bridgehead atoms. The summed E-state index contributed by atoms with van der Waals surface area (Å²) >= 11 is 0. The van der Waals surface area contributed by atoms with Gasteiger partial charge in [-0.05, 0) is 65.8 Å². The van der Waals surface area contributed by atoms with E-state index in [1.165, 1.54) is 24.3 Å². The van der Waals surface area contributed by atoms with Crippen molar-refractivity contribution in [3.63, 3.8) is 0 Å². The van der Waals surface area contributed by atoms with Crippen molar-refractivity contribution in [1.29, 1.82) is 0 Å². The topological polar surface area (TPSA) is 78.9 Å². The number of ether oxygens (including phenoxy) is 1. The lowest BCUT2D eigenvalue weighted by Gasteiger charge is -2.31. The van der Waals surface area contributed by atoms with E-state index >= 15 is 0 Å². The highest BCUT2D eigenvalue weighted by Gasteiger charge is 2.31. The zero-order valence-corrected chi connectivity index (χ0v) is 13.9. The highest BCUT2D eigenvalue weighted by molar-refractivity contribution is 6.02. The smallest absolute Gasteiger partial charge is 0.432 e. The van der Waals surface area contributed by atoms with E-state index in [1.54, 1.807) is 20.8 Å². The summed E-state index contributed by atoms with van der Waals surface area (Å²) in [6.07, 6.45) is -0.777. The van der Waals surface area contributed by atoms with E-state index in [9.17, 15) is 14.7 Å². The van der Waals surface area contributed by atoms with Crippen molar-refractivity contribution in [1.82, 2.24) is 10.4 Å². The molecular weight excluding hydrogens is 284 g/mol. The van der Waals surface area contributed by atoms with E-state index in [0.717, 1.165) is 5.01 Å². The maximum atomic E-state index is 12.5. The van der Waals surface area contributed by atoms with Crippen LogP contribution in [0.3, 0.4) is 0 Å². The summed E-state index contributed by atoms with van der Waals surface area (Å²) in [5.74, 6) is -0.506. The lowest BCUT2D eigenvalue weighted by Crippen LogP contribution is -2.55. The number of hydrazine groups is 1. The van der Waals surface area contributed by atoms with Crippen molar-refractivity contribution >= 4 is 12.0 Å². The molecule has 0 aromatic heterocycles. The summed E-state index contributed by atoms with van der Waals surface area (Å²) in [7, 11) is 0. The lowest BCUT2D eigenvalue weighted by molar-refractivity contribution is 0.00743. The minimum atomic E-state index is -0.777. The molecule has 0 aliphatic rings. The zero-order chi connectivity index (χ0) is 17.1. The number of hydrogen-bond acceptors (Lipinski definition) is 5. The number of benzene rings is 1. The minimum absolute atomic E-state index is 0.0455. The molecule has 1 aromatic carbocycles. The third kappa shape index (κ3) is 5.73. The van der Waals surface area contributed by atoms with Crippen molar-refractivity contribution in [2.24, 2.45) is 0 Å². The van der Waals surface area contributed by atoms with Crippen LogP contribution in [0.5, 0.6) is 5.75 Å². The first-order valence-corrected chi connectivity index (χ1v) is 7.03. The normalized spacial score (nSPS) is 11.9. The van der Waals surface area contributed by atoms with Crippen LogP contribution in [-0.4, -0.2) is 33.3 Å². The van der Waals surface area contributed by atoms with Crippen LogP contribution in [0.4, 0.5) is 4.79 Å². The molecule has 0 atom stereocenters. The van der Waals surface area contributed by atoms with Gasteiger partial charge in [-0.3, -0.25) is 4.79 Å². The summed E-state index contributed by atoms with van der Waals surface area (Å²) in [5, 5.41) is 10.2. The van der Waals surface area contributed by atoms with Crippen LogP contribution in [0.25, 0.3) is 0 Å². The molecule has 6 heteroatoms. The van der Waals surface area contributed by atoms with Gasteiger partial charge >= 0.3 is 6.09 Å². The average molecular weight is 308 g/mol. The molecule has 1 aromatic rings. The number of carbonyl (C=O) groups is 2. The van der Waals surface area contributed by atoms with Gasteiger partial charge in [0.1, 0.15) is 11.4 Å². The van der Waals surface area contributed by atoms with E-state index in [2.05, 4.69) is 5.43 Å². The quantitative estimate of drug-likeness (QED) is 0.821. The summed E-state index contributed by atoms with van der Waals surface area (Å²) in [4.78, 5) is 24.8. The fraction of sp³-hybridized carbons (Fsp3) is 0.500. The van der Waals surface area contributed by atoms with Gasteiger partial charge < -0.3 is 9.84 Å². The fourth-order valence-electron chi connectivity index (χ4n) is 1.56. The largest absolute Gasteiger partial charge is 0.508 e. The maximum Gasteiger partial charge on any atom is 0.432 e. The monoisotopic (exact) mass is 308 g/mol. The first kappa shape index (κ1) is 18.0. The Bertz CT molecular complexity index is 539. The molecule has 2 N–H and O–H groups in total. The molecule has 22 heavy (non-hydrogen) atoms. The minimum Gasteiger partial charge on any atom is -0.508 e. The Morgan fingerprint density at radius 1 is 1.05 bits per heavy atom. The van der Waals surface area contributed by atoms with Gasteiger partial charge in [0.15, 0.2) is 0 Å². The Hall–Kier alpha value is -2.08. The number of hydrogen-bond donors (Lipinski definition) is 2. The summed E-state index contributed by atoms with van der Waals surface area (Å²) in [6, 6.07) is 5.66. The molecule has 122 valence electrons. The van der Waals surface area contributed by atoms with E-state index in [1.807, 2.05) is 20.8 Å². The van der Waals surface area contributed by atoms with Gasteiger partial charge in [0, 0.05) is 11.1 Å². The van der Waals surface area contributed by atoms with Crippen molar-refractivity contribution in [2.45, 2.75) is 52.7 Å². The molecule has 0 aliphatic carbocycles. The third-order valence-electron chi connectivity index (χ3n) is 2.34. The summed E-state index contributed by atoms with van der Waals surface area (Å²) in [6.45, 7) is 10.7. The number of phenolic OH excluding ortho intramolecular Hbond substituents is 1. The van der Waals surface area contributed by atoms with Crippen LogP contribution in [-0.2, 0) is 4.74 Å². The standard InChI is InChI=1S/C16H24N2O4/c1-15(2,3)17-18(14(21)22-16(4,5)6)13(20)11-7-9-12(19)10-8-11/h7-10,17,19H,1-6H3. The van der Waals surface area contributed by atoms with Gasteiger partial charge in [-0.15, -0.1) is 0 Å². The van der Waals surface area contributed by atoms with Crippen LogP contribution in [0.2, 0.25) is 0 Å².